The molecule has 0 bridgehead atoms. The van der Waals surface area contributed by atoms with Gasteiger partial charge >= 0.3 is 0 Å². The highest BCUT2D eigenvalue weighted by Crippen LogP contribution is 2.34. The van der Waals surface area contributed by atoms with Crippen molar-refractivity contribution < 1.29 is 0 Å². The molecule has 1 aromatic heterocycles. The first kappa shape index (κ1) is 13.0. The van der Waals surface area contributed by atoms with E-state index in [1.54, 1.807) is 0 Å². The van der Waals surface area contributed by atoms with E-state index >= 15 is 0 Å². The zero-order valence-electron chi connectivity index (χ0n) is 12.0. The summed E-state index contributed by atoms with van der Waals surface area (Å²) in [4.78, 5) is 11.3. The molecule has 2 unspecified atom stereocenters. The van der Waals surface area contributed by atoms with Crippen LogP contribution in [0.5, 0.6) is 0 Å². The van der Waals surface area contributed by atoms with Crippen molar-refractivity contribution in [3.8, 4) is 0 Å². The van der Waals surface area contributed by atoms with Gasteiger partial charge in [-0.3, -0.25) is 4.90 Å². The van der Waals surface area contributed by atoms with Crippen LogP contribution in [0.4, 0.5) is 0 Å². The third-order valence-electron chi connectivity index (χ3n) is 4.35. The second kappa shape index (κ2) is 5.55. The number of nitrogens with one attached hydrogen (secondary N) is 1. The van der Waals surface area contributed by atoms with Gasteiger partial charge in [-0.15, -0.1) is 0 Å². The number of piperidine rings is 1. The Morgan fingerprint density at radius 3 is 2.95 bits per heavy atom. The lowest BCUT2D eigenvalue weighted by Gasteiger charge is -2.39. The van der Waals surface area contributed by atoms with Crippen LogP contribution in [-0.2, 0) is 0 Å². The van der Waals surface area contributed by atoms with Gasteiger partial charge in [0.2, 0.25) is 0 Å². The first-order valence-corrected chi connectivity index (χ1v) is 7.47. The summed E-state index contributed by atoms with van der Waals surface area (Å²) in [5, 5.41) is 3.69. The predicted molar refractivity (Wildman–Crippen MR) is 75.9 cm³/mol. The minimum Gasteiger partial charge on any atom is -0.314 e. The van der Waals surface area contributed by atoms with Crippen molar-refractivity contribution in [2.45, 2.75) is 44.7 Å². The molecule has 1 N–H and O–H groups in total. The largest absolute Gasteiger partial charge is 0.314 e. The highest BCUT2D eigenvalue weighted by molar-refractivity contribution is 5.10. The molecule has 1 saturated heterocycles. The Morgan fingerprint density at radius 1 is 1.37 bits per heavy atom. The molecule has 0 amide bonds. The molecule has 3 rings (SSSR count). The molecule has 2 atom stereocenters. The maximum atomic E-state index is 4.66. The van der Waals surface area contributed by atoms with Gasteiger partial charge in [-0.25, -0.2) is 9.97 Å². The Bertz CT molecular complexity index is 430. The minimum atomic E-state index is 0.446. The second-order valence-electron chi connectivity index (χ2n) is 6.04. The van der Waals surface area contributed by atoms with Crippen LogP contribution in [0.3, 0.4) is 0 Å². The summed E-state index contributed by atoms with van der Waals surface area (Å²) < 4.78 is 0. The van der Waals surface area contributed by atoms with E-state index in [1.807, 2.05) is 13.1 Å². The molecule has 1 aliphatic heterocycles. The van der Waals surface area contributed by atoms with Gasteiger partial charge in [0, 0.05) is 18.8 Å². The van der Waals surface area contributed by atoms with Crippen molar-refractivity contribution in [2.75, 3.05) is 20.1 Å². The van der Waals surface area contributed by atoms with E-state index in [-0.39, 0.29) is 0 Å². The van der Waals surface area contributed by atoms with Crippen molar-refractivity contribution in [3.05, 3.63) is 23.8 Å². The van der Waals surface area contributed by atoms with Gasteiger partial charge in [0.25, 0.3) is 0 Å². The quantitative estimate of drug-likeness (QED) is 0.898. The Balaban J connectivity index is 1.75. The van der Waals surface area contributed by atoms with E-state index in [0.717, 1.165) is 18.4 Å². The molecule has 1 saturated carbocycles. The lowest BCUT2D eigenvalue weighted by molar-refractivity contribution is 0.116. The molecule has 19 heavy (non-hydrogen) atoms. The molecule has 2 fully saturated rings. The third kappa shape index (κ3) is 3.12. The van der Waals surface area contributed by atoms with Crippen LogP contribution in [0.2, 0.25) is 0 Å². The average Bonchev–Trinajstić information content (AvgIpc) is 3.20. The summed E-state index contributed by atoms with van der Waals surface area (Å²) in [6.07, 6.45) is 7.22. The van der Waals surface area contributed by atoms with Gasteiger partial charge in [0.05, 0.1) is 11.7 Å². The summed E-state index contributed by atoms with van der Waals surface area (Å²) in [5.41, 5.74) is 1.19. The Kier molecular flexibility index (Phi) is 3.80. The van der Waals surface area contributed by atoms with E-state index < -0.39 is 0 Å². The van der Waals surface area contributed by atoms with Crippen molar-refractivity contribution >= 4 is 0 Å². The SMILES string of the molecule is Cc1nccc(C2C(CNC3CC3)CCCN2C)n1. The van der Waals surface area contributed by atoms with Crippen molar-refractivity contribution in [1.29, 1.82) is 0 Å². The van der Waals surface area contributed by atoms with Gasteiger partial charge in [-0.2, -0.15) is 0 Å². The Hall–Kier alpha value is -1.00. The first-order chi connectivity index (χ1) is 9.24. The fourth-order valence-corrected chi connectivity index (χ4v) is 3.19. The fraction of sp³-hybridized carbons (Fsp3) is 0.733. The van der Waals surface area contributed by atoms with Gasteiger partial charge in [0.1, 0.15) is 5.82 Å². The molecule has 0 radical (unpaired) electrons. The summed E-state index contributed by atoms with van der Waals surface area (Å²) in [6.45, 7) is 4.28. The Labute approximate surface area is 115 Å². The summed E-state index contributed by atoms with van der Waals surface area (Å²) >= 11 is 0. The van der Waals surface area contributed by atoms with E-state index in [9.17, 15) is 0 Å². The molecule has 0 aromatic carbocycles. The Morgan fingerprint density at radius 2 is 2.21 bits per heavy atom. The van der Waals surface area contributed by atoms with E-state index in [1.165, 1.54) is 37.9 Å². The monoisotopic (exact) mass is 260 g/mol. The van der Waals surface area contributed by atoms with Gasteiger partial charge in [-0.05, 0) is 58.2 Å². The normalized spacial score (nSPS) is 28.5. The van der Waals surface area contributed by atoms with Crippen molar-refractivity contribution in [1.82, 2.24) is 20.2 Å². The maximum absolute atomic E-state index is 4.66. The van der Waals surface area contributed by atoms with Crippen molar-refractivity contribution in [3.63, 3.8) is 0 Å². The van der Waals surface area contributed by atoms with Crippen molar-refractivity contribution in [2.24, 2.45) is 5.92 Å². The smallest absolute Gasteiger partial charge is 0.125 e. The van der Waals surface area contributed by atoms with Gasteiger partial charge < -0.3 is 5.32 Å². The molecule has 1 aromatic rings. The van der Waals surface area contributed by atoms with Crippen LogP contribution in [0.1, 0.15) is 43.2 Å². The second-order valence-corrected chi connectivity index (χ2v) is 6.04. The summed E-state index contributed by atoms with van der Waals surface area (Å²) in [5.74, 6) is 1.55. The standard InChI is InChI=1S/C15H24N4/c1-11-16-8-7-14(18-11)15-12(4-3-9-19(15)2)10-17-13-5-6-13/h7-8,12-13,15,17H,3-6,9-10H2,1-2H3. The number of rotatable bonds is 4. The fourth-order valence-electron chi connectivity index (χ4n) is 3.19. The molecular weight excluding hydrogens is 236 g/mol. The first-order valence-electron chi connectivity index (χ1n) is 7.47. The molecule has 4 nitrogen and oxygen atoms in total. The molecular formula is C15H24N4. The van der Waals surface area contributed by atoms with Gasteiger partial charge in [0.15, 0.2) is 0 Å². The number of nitrogens with zero attached hydrogens (tertiary/aromatic N) is 3. The van der Waals surface area contributed by atoms with Crippen LogP contribution in [0.25, 0.3) is 0 Å². The van der Waals surface area contributed by atoms with Gasteiger partial charge in [-0.1, -0.05) is 0 Å². The molecule has 2 aliphatic rings. The number of aromatic nitrogens is 2. The van der Waals surface area contributed by atoms with Crippen LogP contribution >= 0.6 is 0 Å². The zero-order valence-corrected chi connectivity index (χ0v) is 12.0. The highest BCUT2D eigenvalue weighted by atomic mass is 15.2. The number of hydrogen-bond donors (Lipinski definition) is 1. The van der Waals surface area contributed by atoms with Crippen LogP contribution < -0.4 is 5.32 Å². The van der Waals surface area contributed by atoms with E-state index in [4.69, 9.17) is 0 Å². The predicted octanol–water partition coefficient (Wildman–Crippen LogP) is 1.92. The van der Waals surface area contributed by atoms with E-state index in [0.29, 0.717) is 12.0 Å². The molecule has 1 aliphatic carbocycles. The zero-order chi connectivity index (χ0) is 13.2. The number of hydrogen-bond acceptors (Lipinski definition) is 4. The average molecular weight is 260 g/mol. The molecule has 4 heteroatoms. The number of likely N-dealkylation sites (tertiary alicyclic amines) is 1. The molecule has 0 spiro atoms. The van der Waals surface area contributed by atoms with Crippen LogP contribution in [0.15, 0.2) is 12.3 Å². The number of aryl methyl sites for hydroxylation is 1. The molecule has 104 valence electrons. The topological polar surface area (TPSA) is 41.1 Å². The summed E-state index contributed by atoms with van der Waals surface area (Å²) in [6, 6.07) is 3.32. The van der Waals surface area contributed by atoms with Crippen LogP contribution in [-0.4, -0.2) is 41.0 Å². The highest BCUT2D eigenvalue weighted by Gasteiger charge is 2.32. The van der Waals surface area contributed by atoms with E-state index in [2.05, 4.69) is 33.3 Å². The maximum Gasteiger partial charge on any atom is 0.125 e. The minimum absolute atomic E-state index is 0.446. The van der Waals surface area contributed by atoms with Crippen LogP contribution in [0, 0.1) is 12.8 Å². The summed E-state index contributed by atoms with van der Waals surface area (Å²) in [7, 11) is 2.23. The molecule has 2 heterocycles. The third-order valence-corrected chi connectivity index (χ3v) is 4.35. The lowest BCUT2D eigenvalue weighted by Crippen LogP contribution is -2.41. The lowest BCUT2D eigenvalue weighted by atomic mass is 9.87.